The lowest BCUT2D eigenvalue weighted by Crippen LogP contribution is -2.31. The molecule has 0 aliphatic rings. The van der Waals surface area contributed by atoms with Gasteiger partial charge in [-0.1, -0.05) is 67.4 Å². The molecule has 0 rings (SSSR count). The first-order chi connectivity index (χ1) is 8.23. The highest BCUT2D eigenvalue weighted by Crippen LogP contribution is 2.46. The van der Waals surface area contributed by atoms with Gasteiger partial charge in [-0.05, 0) is 30.6 Å². The summed E-state index contributed by atoms with van der Waals surface area (Å²) in [5.74, 6) is 1.04. The van der Waals surface area contributed by atoms with E-state index in [1.165, 1.54) is 19.3 Å². The summed E-state index contributed by atoms with van der Waals surface area (Å²) in [6.07, 6.45) is 6.66. The number of hydrogen-bond donors (Lipinski definition) is 1. The molecular weight excluding hydrogens is 220 g/mol. The first-order valence-corrected chi connectivity index (χ1v) is 7.61. The lowest BCUT2D eigenvalue weighted by molar-refractivity contribution is 0.101. The molecule has 1 N–H and O–H groups in total. The zero-order chi connectivity index (χ0) is 14.4. The Morgan fingerprint density at radius 1 is 1.17 bits per heavy atom. The summed E-state index contributed by atoms with van der Waals surface area (Å²) in [5.41, 5.74) is 0.237. The molecule has 0 saturated carbocycles. The molecule has 0 fully saturated rings. The van der Waals surface area contributed by atoms with Gasteiger partial charge in [-0.3, -0.25) is 0 Å². The monoisotopic (exact) mass is 254 g/mol. The van der Waals surface area contributed by atoms with E-state index in [1.807, 2.05) is 0 Å². The van der Waals surface area contributed by atoms with Crippen molar-refractivity contribution in [2.75, 3.05) is 0 Å². The van der Waals surface area contributed by atoms with E-state index in [9.17, 15) is 5.11 Å². The van der Waals surface area contributed by atoms with Crippen molar-refractivity contribution < 1.29 is 5.11 Å². The molecule has 0 amide bonds. The Kier molecular flexibility index (Phi) is 7.02. The quantitative estimate of drug-likeness (QED) is 0.518. The third kappa shape index (κ3) is 4.66. The third-order valence-corrected chi connectivity index (χ3v) is 4.65. The summed E-state index contributed by atoms with van der Waals surface area (Å²) in [7, 11) is 0. The van der Waals surface area contributed by atoms with Crippen LogP contribution in [0.4, 0.5) is 0 Å². The second kappa shape index (κ2) is 7.21. The van der Waals surface area contributed by atoms with Crippen LogP contribution in [0.15, 0.2) is 12.3 Å². The van der Waals surface area contributed by atoms with E-state index in [2.05, 4.69) is 48.1 Å². The van der Waals surface area contributed by atoms with Crippen LogP contribution in [0.5, 0.6) is 0 Å². The van der Waals surface area contributed by atoms with Crippen molar-refractivity contribution in [2.45, 2.75) is 80.1 Å². The van der Waals surface area contributed by atoms with Gasteiger partial charge in [-0.15, -0.1) is 0 Å². The molecule has 0 aromatic carbocycles. The minimum absolute atomic E-state index is 0.0655. The summed E-state index contributed by atoms with van der Waals surface area (Å²) in [6, 6.07) is 0. The summed E-state index contributed by atoms with van der Waals surface area (Å²) in [5, 5.41) is 10.1. The Balaban J connectivity index is 5.02. The lowest BCUT2D eigenvalue weighted by Gasteiger charge is -2.40. The van der Waals surface area contributed by atoms with Crippen molar-refractivity contribution in [1.29, 1.82) is 0 Å². The van der Waals surface area contributed by atoms with Gasteiger partial charge < -0.3 is 5.11 Å². The van der Waals surface area contributed by atoms with Gasteiger partial charge in [0.05, 0.1) is 5.76 Å². The number of allylic oxidation sites excluding steroid dienone is 1. The fourth-order valence-corrected chi connectivity index (χ4v) is 2.94. The Hall–Kier alpha value is -0.460. The molecule has 18 heavy (non-hydrogen) atoms. The number of aliphatic hydroxyl groups is 1. The second-order valence-electron chi connectivity index (χ2n) is 6.86. The van der Waals surface area contributed by atoms with E-state index in [0.717, 1.165) is 19.3 Å². The number of unbranched alkanes of at least 4 members (excludes halogenated alkanes) is 1. The molecule has 0 aromatic rings. The van der Waals surface area contributed by atoms with Crippen LogP contribution in [-0.2, 0) is 0 Å². The highest BCUT2D eigenvalue weighted by atomic mass is 16.3. The third-order valence-electron chi connectivity index (χ3n) is 4.65. The van der Waals surface area contributed by atoms with Gasteiger partial charge >= 0.3 is 0 Å². The maximum absolute atomic E-state index is 10.1. The Morgan fingerprint density at radius 3 is 2.00 bits per heavy atom. The predicted octanol–water partition coefficient (Wildman–Crippen LogP) is 6.11. The van der Waals surface area contributed by atoms with Gasteiger partial charge in [0.15, 0.2) is 0 Å². The smallest absolute Gasteiger partial charge is 0.0912 e. The highest BCUT2D eigenvalue weighted by molar-refractivity contribution is 5.03. The van der Waals surface area contributed by atoms with Crippen molar-refractivity contribution in [3.05, 3.63) is 12.3 Å². The van der Waals surface area contributed by atoms with Gasteiger partial charge in [0.2, 0.25) is 0 Å². The van der Waals surface area contributed by atoms with Crippen LogP contribution in [0, 0.1) is 16.7 Å². The molecule has 1 unspecified atom stereocenters. The van der Waals surface area contributed by atoms with E-state index in [0.29, 0.717) is 17.1 Å². The van der Waals surface area contributed by atoms with Crippen LogP contribution in [-0.4, -0.2) is 5.11 Å². The van der Waals surface area contributed by atoms with Gasteiger partial charge in [-0.25, -0.2) is 0 Å². The molecule has 0 heterocycles. The predicted molar refractivity (Wildman–Crippen MR) is 81.9 cm³/mol. The number of rotatable bonds is 8. The van der Waals surface area contributed by atoms with Crippen LogP contribution in [0.2, 0.25) is 0 Å². The number of hydrogen-bond acceptors (Lipinski definition) is 1. The normalized spacial score (nSPS) is 17.2. The topological polar surface area (TPSA) is 20.2 Å². The van der Waals surface area contributed by atoms with Gasteiger partial charge in [0.1, 0.15) is 0 Å². The van der Waals surface area contributed by atoms with Gasteiger partial charge in [-0.2, -0.15) is 0 Å². The minimum atomic E-state index is -0.0655. The molecule has 0 saturated heterocycles. The summed E-state index contributed by atoms with van der Waals surface area (Å²) >= 11 is 0. The Morgan fingerprint density at radius 2 is 1.72 bits per heavy atom. The zero-order valence-electron chi connectivity index (χ0n) is 13.5. The van der Waals surface area contributed by atoms with Crippen molar-refractivity contribution in [1.82, 2.24) is 0 Å². The zero-order valence-corrected chi connectivity index (χ0v) is 13.5. The molecular formula is C17H34O. The molecule has 0 bridgehead atoms. The van der Waals surface area contributed by atoms with E-state index in [1.54, 1.807) is 0 Å². The minimum Gasteiger partial charge on any atom is -0.512 e. The molecule has 0 aromatic heterocycles. The largest absolute Gasteiger partial charge is 0.512 e. The van der Waals surface area contributed by atoms with Crippen LogP contribution in [0.25, 0.3) is 0 Å². The molecule has 0 aliphatic carbocycles. The van der Waals surface area contributed by atoms with E-state index in [4.69, 9.17) is 0 Å². The van der Waals surface area contributed by atoms with Crippen molar-refractivity contribution in [3.8, 4) is 0 Å². The molecule has 0 spiro atoms. The van der Waals surface area contributed by atoms with Crippen molar-refractivity contribution in [3.63, 3.8) is 0 Å². The lowest BCUT2D eigenvalue weighted by atomic mass is 9.65. The van der Waals surface area contributed by atoms with E-state index < -0.39 is 0 Å². The fraction of sp³-hybridized carbons (Fsp3) is 0.882. The molecule has 0 aliphatic heterocycles. The SMILES string of the molecule is C=C(O)[C@](CC)(CCCC)CC(CC)C(C)(C)C. The highest BCUT2D eigenvalue weighted by Gasteiger charge is 2.37. The molecule has 2 atom stereocenters. The first kappa shape index (κ1) is 17.5. The van der Waals surface area contributed by atoms with E-state index in [-0.39, 0.29) is 5.41 Å². The Bertz CT molecular complexity index is 249. The molecule has 108 valence electrons. The van der Waals surface area contributed by atoms with Crippen LogP contribution in [0.1, 0.15) is 80.1 Å². The van der Waals surface area contributed by atoms with Gasteiger partial charge in [0.25, 0.3) is 0 Å². The molecule has 1 heteroatoms. The Labute approximate surface area is 115 Å². The molecule has 0 radical (unpaired) electrons. The maximum Gasteiger partial charge on any atom is 0.0912 e. The summed E-state index contributed by atoms with van der Waals surface area (Å²) in [6.45, 7) is 17.5. The van der Waals surface area contributed by atoms with Crippen molar-refractivity contribution in [2.24, 2.45) is 16.7 Å². The maximum atomic E-state index is 10.1. The van der Waals surface area contributed by atoms with E-state index >= 15 is 0 Å². The molecule has 1 nitrogen and oxygen atoms in total. The first-order valence-electron chi connectivity index (χ1n) is 7.61. The second-order valence-corrected chi connectivity index (χ2v) is 6.86. The summed E-state index contributed by atoms with van der Waals surface area (Å²) < 4.78 is 0. The van der Waals surface area contributed by atoms with Crippen LogP contribution < -0.4 is 0 Å². The van der Waals surface area contributed by atoms with Gasteiger partial charge in [0, 0.05) is 5.41 Å². The average Bonchev–Trinajstić information content (AvgIpc) is 2.28. The van der Waals surface area contributed by atoms with Crippen LogP contribution in [0.3, 0.4) is 0 Å². The number of aliphatic hydroxyl groups excluding tert-OH is 1. The fourth-order valence-electron chi connectivity index (χ4n) is 2.94. The standard InChI is InChI=1S/C17H34O/c1-8-11-12-17(10-3,14(4)18)13-15(9-2)16(5,6)7/h15,18H,4,8-13H2,1-3,5-7H3/t15?,17-/m1/s1. The van der Waals surface area contributed by atoms with Crippen LogP contribution >= 0.6 is 0 Å². The van der Waals surface area contributed by atoms with Crippen molar-refractivity contribution >= 4 is 0 Å². The average molecular weight is 254 g/mol. The summed E-state index contributed by atoms with van der Waals surface area (Å²) in [4.78, 5) is 0.